The van der Waals surface area contributed by atoms with Crippen LogP contribution < -0.4 is 5.32 Å². The second kappa shape index (κ2) is 5.19. The molecular weight excluding hydrogens is 221 g/mol. The molecule has 1 nitrogen and oxygen atoms in total. The summed E-state index contributed by atoms with van der Waals surface area (Å²) in [7, 11) is 0. The molecule has 0 aliphatic carbocycles. The van der Waals surface area contributed by atoms with Crippen LogP contribution in [-0.4, -0.2) is 24.6 Å². The zero-order valence-corrected chi connectivity index (χ0v) is 10.4. The third-order valence-corrected chi connectivity index (χ3v) is 4.19. The molecule has 0 bridgehead atoms. The van der Waals surface area contributed by atoms with Crippen LogP contribution in [0.1, 0.15) is 18.9 Å². The molecule has 0 saturated carbocycles. The Morgan fingerprint density at radius 1 is 1.44 bits per heavy atom. The van der Waals surface area contributed by atoms with Gasteiger partial charge in [0.15, 0.2) is 0 Å². The SMILES string of the molecule is CCSCCC1(c2cccc(F)c2)CNC1. The summed E-state index contributed by atoms with van der Waals surface area (Å²) >= 11 is 1.96. The van der Waals surface area contributed by atoms with Crippen molar-refractivity contribution in [1.29, 1.82) is 0 Å². The number of nitrogens with one attached hydrogen (secondary N) is 1. The van der Waals surface area contributed by atoms with Gasteiger partial charge in [0.2, 0.25) is 0 Å². The highest BCUT2D eigenvalue weighted by Gasteiger charge is 2.38. The summed E-state index contributed by atoms with van der Waals surface area (Å²) in [5.74, 6) is 2.20. The van der Waals surface area contributed by atoms with Gasteiger partial charge in [0.05, 0.1) is 0 Å². The molecule has 1 fully saturated rings. The molecule has 1 aliphatic heterocycles. The fraction of sp³-hybridized carbons (Fsp3) is 0.538. The Labute approximate surface area is 101 Å². The predicted octanol–water partition coefficient (Wildman–Crippen LogP) is 2.81. The Morgan fingerprint density at radius 3 is 2.81 bits per heavy atom. The molecule has 1 heterocycles. The predicted molar refractivity (Wildman–Crippen MR) is 68.6 cm³/mol. The van der Waals surface area contributed by atoms with Gasteiger partial charge in [0, 0.05) is 18.5 Å². The number of rotatable bonds is 5. The quantitative estimate of drug-likeness (QED) is 0.793. The van der Waals surface area contributed by atoms with Crippen molar-refractivity contribution >= 4 is 11.8 Å². The number of benzene rings is 1. The van der Waals surface area contributed by atoms with Gasteiger partial charge in [0.25, 0.3) is 0 Å². The van der Waals surface area contributed by atoms with Gasteiger partial charge in [-0.3, -0.25) is 0 Å². The van der Waals surface area contributed by atoms with Gasteiger partial charge in [-0.1, -0.05) is 19.1 Å². The maximum absolute atomic E-state index is 13.2. The van der Waals surface area contributed by atoms with Crippen LogP contribution in [0.15, 0.2) is 24.3 Å². The summed E-state index contributed by atoms with van der Waals surface area (Å²) in [4.78, 5) is 0. The average Bonchev–Trinajstić information content (AvgIpc) is 2.22. The van der Waals surface area contributed by atoms with Gasteiger partial charge >= 0.3 is 0 Å². The molecule has 3 heteroatoms. The highest BCUT2D eigenvalue weighted by atomic mass is 32.2. The highest BCUT2D eigenvalue weighted by molar-refractivity contribution is 7.99. The van der Waals surface area contributed by atoms with Crippen molar-refractivity contribution < 1.29 is 4.39 Å². The lowest BCUT2D eigenvalue weighted by Crippen LogP contribution is -2.57. The summed E-state index contributed by atoms with van der Waals surface area (Å²) < 4.78 is 13.2. The van der Waals surface area contributed by atoms with E-state index in [1.807, 2.05) is 17.8 Å². The van der Waals surface area contributed by atoms with E-state index in [0.29, 0.717) is 0 Å². The first-order valence-electron chi connectivity index (χ1n) is 5.81. The monoisotopic (exact) mass is 239 g/mol. The fourth-order valence-electron chi connectivity index (χ4n) is 2.18. The molecule has 0 amide bonds. The summed E-state index contributed by atoms with van der Waals surface area (Å²) in [5, 5.41) is 3.32. The van der Waals surface area contributed by atoms with E-state index >= 15 is 0 Å². The van der Waals surface area contributed by atoms with E-state index in [0.717, 1.165) is 36.6 Å². The molecule has 0 radical (unpaired) electrons. The van der Waals surface area contributed by atoms with E-state index in [1.165, 1.54) is 6.07 Å². The molecular formula is C13H18FNS. The summed E-state index contributed by atoms with van der Waals surface area (Å²) in [6, 6.07) is 7.08. The van der Waals surface area contributed by atoms with E-state index in [9.17, 15) is 4.39 Å². The Balaban J connectivity index is 2.08. The van der Waals surface area contributed by atoms with Crippen LogP contribution in [0.25, 0.3) is 0 Å². The molecule has 0 atom stereocenters. The average molecular weight is 239 g/mol. The second-order valence-corrected chi connectivity index (χ2v) is 5.74. The lowest BCUT2D eigenvalue weighted by atomic mass is 9.73. The van der Waals surface area contributed by atoms with Gasteiger partial charge in [-0.15, -0.1) is 0 Å². The summed E-state index contributed by atoms with van der Waals surface area (Å²) in [5.41, 5.74) is 1.34. The van der Waals surface area contributed by atoms with Crippen LogP contribution >= 0.6 is 11.8 Å². The smallest absolute Gasteiger partial charge is 0.123 e. The Morgan fingerprint density at radius 2 is 2.25 bits per heavy atom. The van der Waals surface area contributed by atoms with Crippen molar-refractivity contribution in [3.63, 3.8) is 0 Å². The minimum atomic E-state index is -0.119. The molecule has 1 N–H and O–H groups in total. The highest BCUT2D eigenvalue weighted by Crippen LogP contribution is 2.33. The second-order valence-electron chi connectivity index (χ2n) is 4.34. The third kappa shape index (κ3) is 2.41. The van der Waals surface area contributed by atoms with Gasteiger partial charge in [-0.2, -0.15) is 11.8 Å². The molecule has 0 unspecified atom stereocenters. The van der Waals surface area contributed by atoms with Crippen LogP contribution in [0.4, 0.5) is 4.39 Å². The normalized spacial score (nSPS) is 18.1. The molecule has 88 valence electrons. The van der Waals surface area contributed by atoms with E-state index in [4.69, 9.17) is 0 Å². The van der Waals surface area contributed by atoms with Gasteiger partial charge < -0.3 is 5.32 Å². The molecule has 0 spiro atoms. The van der Waals surface area contributed by atoms with Gasteiger partial charge in [0.1, 0.15) is 5.82 Å². The fourth-order valence-corrected chi connectivity index (χ4v) is 3.01. The number of hydrogen-bond donors (Lipinski definition) is 1. The summed E-state index contributed by atoms with van der Waals surface area (Å²) in [6.45, 7) is 4.15. The van der Waals surface area contributed by atoms with Crippen molar-refractivity contribution in [2.75, 3.05) is 24.6 Å². The maximum atomic E-state index is 13.2. The van der Waals surface area contributed by atoms with E-state index in [2.05, 4.69) is 18.3 Å². The van der Waals surface area contributed by atoms with Crippen molar-refractivity contribution in [3.05, 3.63) is 35.6 Å². The van der Waals surface area contributed by atoms with E-state index < -0.39 is 0 Å². The largest absolute Gasteiger partial charge is 0.315 e. The molecule has 0 aromatic heterocycles. The minimum absolute atomic E-state index is 0.119. The minimum Gasteiger partial charge on any atom is -0.315 e. The molecule has 1 aromatic carbocycles. The van der Waals surface area contributed by atoms with Crippen LogP contribution in [0, 0.1) is 5.82 Å². The first kappa shape index (κ1) is 11.9. The first-order chi connectivity index (χ1) is 7.77. The van der Waals surface area contributed by atoms with Crippen LogP contribution in [-0.2, 0) is 5.41 Å². The number of thioether (sulfide) groups is 1. The van der Waals surface area contributed by atoms with Crippen molar-refractivity contribution in [2.24, 2.45) is 0 Å². The maximum Gasteiger partial charge on any atom is 0.123 e. The van der Waals surface area contributed by atoms with Crippen molar-refractivity contribution in [2.45, 2.75) is 18.8 Å². The zero-order chi connectivity index (χ0) is 11.4. The molecule has 16 heavy (non-hydrogen) atoms. The molecule has 1 aromatic rings. The van der Waals surface area contributed by atoms with Crippen LogP contribution in [0.3, 0.4) is 0 Å². The van der Waals surface area contributed by atoms with Gasteiger partial charge in [-0.05, 0) is 35.6 Å². The third-order valence-electron chi connectivity index (χ3n) is 3.29. The first-order valence-corrected chi connectivity index (χ1v) is 6.97. The lowest BCUT2D eigenvalue weighted by Gasteiger charge is -2.43. The standard InChI is InChI=1S/C13H18FNS/c1-2-16-7-6-13(9-15-10-13)11-4-3-5-12(14)8-11/h3-5,8,15H,2,6-7,9-10H2,1H3. The van der Waals surface area contributed by atoms with Crippen LogP contribution in [0.5, 0.6) is 0 Å². The van der Waals surface area contributed by atoms with Gasteiger partial charge in [-0.25, -0.2) is 4.39 Å². The Kier molecular flexibility index (Phi) is 3.87. The number of hydrogen-bond acceptors (Lipinski definition) is 2. The van der Waals surface area contributed by atoms with Crippen molar-refractivity contribution in [3.8, 4) is 0 Å². The van der Waals surface area contributed by atoms with E-state index in [1.54, 1.807) is 6.07 Å². The van der Waals surface area contributed by atoms with Crippen molar-refractivity contribution in [1.82, 2.24) is 5.32 Å². The lowest BCUT2D eigenvalue weighted by molar-refractivity contribution is 0.269. The summed E-state index contributed by atoms with van der Waals surface area (Å²) in [6.07, 6.45) is 1.14. The van der Waals surface area contributed by atoms with E-state index in [-0.39, 0.29) is 11.2 Å². The molecule has 2 rings (SSSR count). The zero-order valence-electron chi connectivity index (χ0n) is 9.63. The molecule has 1 aliphatic rings. The topological polar surface area (TPSA) is 12.0 Å². The molecule has 1 saturated heterocycles. The Bertz CT molecular complexity index is 350. The van der Waals surface area contributed by atoms with Crippen LogP contribution in [0.2, 0.25) is 0 Å². The number of halogens is 1. The Hall–Kier alpha value is -0.540.